The number of benzene rings is 3. The molecule has 0 bridgehead atoms. The molecule has 31 heavy (non-hydrogen) atoms. The minimum Gasteiger partial charge on any atom is -0.291 e. The van der Waals surface area contributed by atoms with Crippen LogP contribution < -0.4 is 16.1 Å². The lowest BCUT2D eigenvalue weighted by Crippen LogP contribution is -2.33. The minimum absolute atomic E-state index is 0.136. The molecule has 0 unspecified atom stereocenters. The second-order valence-corrected chi connectivity index (χ2v) is 7.11. The second-order valence-electron chi connectivity index (χ2n) is 7.11. The van der Waals surface area contributed by atoms with E-state index in [1.54, 1.807) is 10.9 Å². The van der Waals surface area contributed by atoms with Gasteiger partial charge < -0.3 is 0 Å². The van der Waals surface area contributed by atoms with Crippen LogP contribution in [0.1, 0.15) is 5.56 Å². The highest BCUT2D eigenvalue weighted by atomic mass is 16.1. The highest BCUT2D eigenvalue weighted by Crippen LogP contribution is 2.21. The molecule has 0 aliphatic carbocycles. The zero-order valence-electron chi connectivity index (χ0n) is 16.6. The third kappa shape index (κ3) is 3.51. The van der Waals surface area contributed by atoms with E-state index in [1.807, 2.05) is 91.0 Å². The summed E-state index contributed by atoms with van der Waals surface area (Å²) in [5.41, 5.74) is 4.37. The van der Waals surface area contributed by atoms with Gasteiger partial charge in [0.1, 0.15) is 0 Å². The van der Waals surface area contributed by atoms with Crippen molar-refractivity contribution in [3.63, 3.8) is 0 Å². The Kier molecular flexibility index (Phi) is 4.65. The molecule has 3 aromatic carbocycles. The molecule has 0 atom stereocenters. The van der Waals surface area contributed by atoms with Crippen LogP contribution in [-0.4, -0.2) is 24.8 Å². The van der Waals surface area contributed by atoms with Crippen LogP contribution in [0.15, 0.2) is 95.9 Å². The molecular weight excluding hydrogens is 386 g/mol. The molecule has 0 radical (unpaired) electrons. The number of rotatable bonds is 4. The lowest BCUT2D eigenvalue weighted by atomic mass is 10.1. The first-order chi connectivity index (χ1) is 15.2. The fourth-order valence-corrected chi connectivity index (χ4v) is 3.51. The molecule has 5 rings (SSSR count). The van der Waals surface area contributed by atoms with Crippen molar-refractivity contribution < 1.29 is 0 Å². The van der Waals surface area contributed by atoms with E-state index in [4.69, 9.17) is 0 Å². The van der Waals surface area contributed by atoms with E-state index in [1.165, 1.54) is 4.68 Å². The second kappa shape index (κ2) is 7.76. The van der Waals surface area contributed by atoms with Gasteiger partial charge in [0, 0.05) is 5.56 Å². The van der Waals surface area contributed by atoms with E-state index in [0.717, 1.165) is 28.2 Å². The molecule has 150 valence electrons. The van der Waals surface area contributed by atoms with Gasteiger partial charge in [-0.15, -0.1) is 5.10 Å². The zero-order valence-corrected chi connectivity index (χ0v) is 16.6. The predicted octanol–water partition coefficient (Wildman–Crippen LogP) is 2.65. The lowest BCUT2D eigenvalue weighted by Gasteiger charge is -2.06. The van der Waals surface area contributed by atoms with E-state index in [2.05, 4.69) is 22.0 Å². The van der Waals surface area contributed by atoms with E-state index in [0.29, 0.717) is 10.6 Å². The van der Waals surface area contributed by atoms with Crippen LogP contribution in [0.25, 0.3) is 35.3 Å². The van der Waals surface area contributed by atoms with E-state index in [9.17, 15) is 4.79 Å². The maximum absolute atomic E-state index is 12.9. The van der Waals surface area contributed by atoms with E-state index < -0.39 is 0 Å². The first-order valence-corrected chi connectivity index (χ1v) is 9.84. The molecule has 2 aromatic heterocycles. The monoisotopic (exact) mass is 405 g/mol. The third-order valence-electron chi connectivity index (χ3n) is 5.09. The summed E-state index contributed by atoms with van der Waals surface area (Å²) < 4.78 is 3.30. The van der Waals surface area contributed by atoms with Crippen LogP contribution in [0.4, 0.5) is 0 Å². The molecule has 0 fully saturated rings. The number of H-pyrrole nitrogens is 1. The Balaban J connectivity index is 1.51. The highest BCUT2D eigenvalue weighted by molar-refractivity contribution is 5.61. The van der Waals surface area contributed by atoms with Crippen molar-refractivity contribution in [1.29, 1.82) is 0 Å². The number of nitrogens with zero attached hydrogens (tertiary/aromatic N) is 4. The van der Waals surface area contributed by atoms with Gasteiger partial charge in [-0.1, -0.05) is 72.5 Å². The van der Waals surface area contributed by atoms with Gasteiger partial charge in [-0.3, -0.25) is 9.89 Å². The molecule has 0 saturated carbocycles. The fraction of sp³-hybridized carbons (Fsp3) is 0. The summed E-state index contributed by atoms with van der Waals surface area (Å²) in [5.74, 6) is 0. The van der Waals surface area contributed by atoms with Crippen molar-refractivity contribution >= 4 is 12.7 Å². The number of aromatic nitrogens is 5. The third-order valence-corrected chi connectivity index (χ3v) is 5.09. The summed E-state index contributed by atoms with van der Waals surface area (Å²) in [6, 6.07) is 27.2. The van der Waals surface area contributed by atoms with Crippen LogP contribution >= 0.6 is 0 Å². The van der Waals surface area contributed by atoms with Gasteiger partial charge in [-0.25, -0.2) is 9.36 Å². The SMILES string of the molecule is C=c1[nH]n(-c2ccccc2)c(=O)/c1=C\c1ccc(-n2nncc2-c2ccccc2)cc1. The summed E-state index contributed by atoms with van der Waals surface area (Å²) in [7, 11) is 0. The van der Waals surface area contributed by atoms with Gasteiger partial charge in [-0.05, 0) is 35.9 Å². The zero-order chi connectivity index (χ0) is 21.2. The largest absolute Gasteiger partial charge is 0.291 e. The number of nitrogens with one attached hydrogen (secondary N) is 1. The molecule has 0 aliphatic heterocycles. The number of aromatic amines is 1. The van der Waals surface area contributed by atoms with Crippen molar-refractivity contribution in [3.8, 4) is 22.6 Å². The van der Waals surface area contributed by atoms with E-state index >= 15 is 0 Å². The Morgan fingerprint density at radius 2 is 1.52 bits per heavy atom. The summed E-state index contributed by atoms with van der Waals surface area (Å²) in [5, 5.41) is 12.4. The minimum atomic E-state index is -0.136. The molecule has 2 heterocycles. The molecule has 5 aromatic rings. The predicted molar refractivity (Wildman–Crippen MR) is 122 cm³/mol. The smallest absolute Gasteiger partial charge is 0.279 e. The molecule has 6 nitrogen and oxygen atoms in total. The molecule has 1 N–H and O–H groups in total. The maximum Gasteiger partial charge on any atom is 0.279 e. The average Bonchev–Trinajstić information content (AvgIpc) is 3.42. The molecule has 6 heteroatoms. The van der Waals surface area contributed by atoms with E-state index in [-0.39, 0.29) is 5.56 Å². The Morgan fingerprint density at radius 1 is 0.839 bits per heavy atom. The Labute approximate surface area is 178 Å². The first-order valence-electron chi connectivity index (χ1n) is 9.84. The van der Waals surface area contributed by atoms with Gasteiger partial charge in [-0.2, -0.15) is 0 Å². The lowest BCUT2D eigenvalue weighted by molar-refractivity contribution is 0.808. The van der Waals surface area contributed by atoms with Gasteiger partial charge in [0.15, 0.2) is 0 Å². The van der Waals surface area contributed by atoms with Crippen molar-refractivity contribution in [2.24, 2.45) is 0 Å². The fourth-order valence-electron chi connectivity index (χ4n) is 3.51. The number of hydrogen-bond donors (Lipinski definition) is 1. The quantitative estimate of drug-likeness (QED) is 0.500. The van der Waals surface area contributed by atoms with Gasteiger partial charge in [0.05, 0.1) is 33.8 Å². The van der Waals surface area contributed by atoms with Crippen LogP contribution in [-0.2, 0) is 0 Å². The van der Waals surface area contributed by atoms with Gasteiger partial charge in [0.25, 0.3) is 5.56 Å². The maximum atomic E-state index is 12.9. The number of hydrogen-bond acceptors (Lipinski definition) is 3. The summed E-state index contributed by atoms with van der Waals surface area (Å²) in [6.45, 7) is 4.00. The van der Waals surface area contributed by atoms with Crippen molar-refractivity contribution in [3.05, 3.63) is 118 Å². The van der Waals surface area contributed by atoms with Gasteiger partial charge in [0.2, 0.25) is 0 Å². The number of para-hydroxylation sites is 1. The summed E-state index contributed by atoms with van der Waals surface area (Å²) in [6.07, 6.45) is 3.58. The van der Waals surface area contributed by atoms with Crippen LogP contribution in [0.5, 0.6) is 0 Å². The van der Waals surface area contributed by atoms with Crippen molar-refractivity contribution in [1.82, 2.24) is 24.8 Å². The van der Waals surface area contributed by atoms with Crippen LogP contribution in [0.2, 0.25) is 0 Å². The molecule has 0 aliphatic rings. The Bertz CT molecular complexity index is 1490. The van der Waals surface area contributed by atoms with Gasteiger partial charge >= 0.3 is 0 Å². The van der Waals surface area contributed by atoms with Crippen molar-refractivity contribution in [2.75, 3.05) is 0 Å². The normalized spacial score (nSPS) is 11.7. The Morgan fingerprint density at radius 3 is 2.23 bits per heavy atom. The molecule has 0 amide bonds. The molecule has 0 spiro atoms. The van der Waals surface area contributed by atoms with Crippen LogP contribution in [0, 0.1) is 0 Å². The molecular formula is C25H19N5O. The van der Waals surface area contributed by atoms with Crippen LogP contribution in [0.3, 0.4) is 0 Å². The highest BCUT2D eigenvalue weighted by Gasteiger charge is 2.08. The molecule has 0 saturated heterocycles. The summed E-state index contributed by atoms with van der Waals surface area (Å²) in [4.78, 5) is 12.9. The average molecular weight is 405 g/mol. The topological polar surface area (TPSA) is 68.5 Å². The van der Waals surface area contributed by atoms with Crippen molar-refractivity contribution in [2.45, 2.75) is 0 Å². The Hall–Kier alpha value is -4.45. The summed E-state index contributed by atoms with van der Waals surface area (Å²) >= 11 is 0. The first kappa shape index (κ1) is 18.6. The standard InChI is InChI=1S/C25H19N5O/c1-18-23(25(31)30(27-18)21-10-6-3-7-11-21)16-19-12-14-22(15-13-19)29-24(17-26-28-29)20-8-4-2-5-9-20/h2-17,27H,1H2/b23-16-.